The molecule has 2 heterocycles. The standard InChI is InChI=1S/C20H17Cl2F2N3O2S2/c1-12-6-19(17(22)10-16(12)21)31(28,29)27-4-2-26(3-5-27)20-25-18(11-30-20)13-7-14(23)9-15(24)8-13/h6-11H,2-5H2,1H3. The van der Waals surface area contributed by atoms with Gasteiger partial charge < -0.3 is 4.90 Å². The molecule has 5 nitrogen and oxygen atoms in total. The molecule has 1 aliphatic heterocycles. The van der Waals surface area contributed by atoms with Crippen LogP contribution in [0.3, 0.4) is 0 Å². The Kier molecular flexibility index (Phi) is 6.24. The van der Waals surface area contributed by atoms with Gasteiger partial charge in [-0.25, -0.2) is 22.2 Å². The Morgan fingerprint density at radius 3 is 2.26 bits per heavy atom. The van der Waals surface area contributed by atoms with Crippen molar-refractivity contribution in [2.45, 2.75) is 11.8 Å². The summed E-state index contributed by atoms with van der Waals surface area (Å²) < 4.78 is 54.5. The van der Waals surface area contributed by atoms with Gasteiger partial charge in [0.15, 0.2) is 5.13 Å². The van der Waals surface area contributed by atoms with Crippen LogP contribution in [-0.2, 0) is 10.0 Å². The van der Waals surface area contributed by atoms with Crippen molar-refractivity contribution in [2.75, 3.05) is 31.1 Å². The van der Waals surface area contributed by atoms with Crippen molar-refractivity contribution >= 4 is 49.7 Å². The number of rotatable bonds is 4. The van der Waals surface area contributed by atoms with Crippen molar-refractivity contribution in [2.24, 2.45) is 0 Å². The molecular weight excluding hydrogens is 487 g/mol. The quantitative estimate of drug-likeness (QED) is 0.490. The van der Waals surface area contributed by atoms with Crippen LogP contribution in [0, 0.1) is 18.6 Å². The average Bonchev–Trinajstić information content (AvgIpc) is 3.20. The number of sulfonamides is 1. The Hall–Kier alpha value is -1.78. The van der Waals surface area contributed by atoms with E-state index in [1.54, 1.807) is 12.3 Å². The van der Waals surface area contributed by atoms with E-state index in [0.717, 1.165) is 6.07 Å². The van der Waals surface area contributed by atoms with E-state index in [4.69, 9.17) is 23.2 Å². The van der Waals surface area contributed by atoms with Crippen molar-refractivity contribution in [1.29, 1.82) is 0 Å². The van der Waals surface area contributed by atoms with Gasteiger partial charge in [-0.3, -0.25) is 0 Å². The smallest absolute Gasteiger partial charge is 0.244 e. The van der Waals surface area contributed by atoms with Crippen LogP contribution >= 0.6 is 34.5 Å². The van der Waals surface area contributed by atoms with E-state index in [1.165, 1.54) is 39.9 Å². The summed E-state index contributed by atoms with van der Waals surface area (Å²) in [5.74, 6) is -1.33. The summed E-state index contributed by atoms with van der Waals surface area (Å²) in [5.41, 5.74) is 1.46. The van der Waals surface area contributed by atoms with Crippen LogP contribution in [0.15, 0.2) is 40.6 Å². The monoisotopic (exact) mass is 503 g/mol. The minimum absolute atomic E-state index is 0.0363. The van der Waals surface area contributed by atoms with E-state index in [1.807, 2.05) is 4.90 Å². The normalized spacial score (nSPS) is 15.5. The zero-order valence-electron chi connectivity index (χ0n) is 16.3. The van der Waals surface area contributed by atoms with Gasteiger partial charge in [0.25, 0.3) is 0 Å². The Morgan fingerprint density at radius 2 is 1.61 bits per heavy atom. The van der Waals surface area contributed by atoms with Crippen molar-refractivity contribution in [3.8, 4) is 11.3 Å². The summed E-state index contributed by atoms with van der Waals surface area (Å²) in [6, 6.07) is 6.19. The Labute approximate surface area is 192 Å². The lowest BCUT2D eigenvalue weighted by Gasteiger charge is -2.34. The number of thiazole rings is 1. The Bertz CT molecular complexity index is 1220. The number of nitrogens with zero attached hydrogens (tertiary/aromatic N) is 3. The summed E-state index contributed by atoms with van der Waals surface area (Å²) in [6.07, 6.45) is 0. The summed E-state index contributed by atoms with van der Waals surface area (Å²) in [4.78, 5) is 6.46. The lowest BCUT2D eigenvalue weighted by molar-refractivity contribution is 0.385. The minimum atomic E-state index is -3.77. The molecule has 1 fully saturated rings. The van der Waals surface area contributed by atoms with Gasteiger partial charge in [0.2, 0.25) is 10.0 Å². The van der Waals surface area contributed by atoms with Gasteiger partial charge in [0.05, 0.1) is 10.7 Å². The number of halogens is 4. The number of piperazine rings is 1. The number of hydrogen-bond acceptors (Lipinski definition) is 5. The molecule has 2 aromatic carbocycles. The van der Waals surface area contributed by atoms with Crippen LogP contribution < -0.4 is 4.90 Å². The molecule has 0 bridgehead atoms. The van der Waals surface area contributed by atoms with E-state index < -0.39 is 21.7 Å². The minimum Gasteiger partial charge on any atom is -0.345 e. The molecule has 0 aliphatic carbocycles. The number of anilines is 1. The maximum atomic E-state index is 13.5. The summed E-state index contributed by atoms with van der Waals surface area (Å²) in [5, 5.41) is 2.89. The van der Waals surface area contributed by atoms with E-state index in [2.05, 4.69) is 4.98 Å². The summed E-state index contributed by atoms with van der Waals surface area (Å²) in [7, 11) is -3.77. The average molecular weight is 504 g/mol. The van der Waals surface area contributed by atoms with Crippen LogP contribution in [0.25, 0.3) is 11.3 Å². The van der Waals surface area contributed by atoms with Gasteiger partial charge in [-0.15, -0.1) is 11.3 Å². The molecule has 0 radical (unpaired) electrons. The lowest BCUT2D eigenvalue weighted by atomic mass is 10.1. The van der Waals surface area contributed by atoms with Crippen molar-refractivity contribution in [3.05, 3.63) is 63.0 Å². The Morgan fingerprint density at radius 1 is 0.968 bits per heavy atom. The highest BCUT2D eigenvalue weighted by molar-refractivity contribution is 7.89. The molecule has 1 saturated heterocycles. The SMILES string of the molecule is Cc1cc(S(=O)(=O)N2CCN(c3nc(-c4cc(F)cc(F)c4)cs3)CC2)c(Cl)cc1Cl. The van der Waals surface area contributed by atoms with Gasteiger partial charge in [-0.05, 0) is 36.8 Å². The zero-order valence-corrected chi connectivity index (χ0v) is 19.4. The molecule has 1 aromatic heterocycles. The van der Waals surface area contributed by atoms with E-state index >= 15 is 0 Å². The summed E-state index contributed by atoms with van der Waals surface area (Å²) in [6.45, 7) is 3.08. The molecule has 0 N–H and O–H groups in total. The van der Waals surface area contributed by atoms with E-state index in [9.17, 15) is 17.2 Å². The highest BCUT2D eigenvalue weighted by atomic mass is 35.5. The molecule has 0 unspecified atom stereocenters. The molecule has 4 rings (SSSR count). The zero-order chi connectivity index (χ0) is 22.3. The van der Waals surface area contributed by atoms with Gasteiger partial charge in [0.1, 0.15) is 16.5 Å². The predicted octanol–water partition coefficient (Wildman–Crippen LogP) is 5.21. The number of benzene rings is 2. The highest BCUT2D eigenvalue weighted by Gasteiger charge is 2.31. The molecule has 31 heavy (non-hydrogen) atoms. The lowest BCUT2D eigenvalue weighted by Crippen LogP contribution is -2.48. The molecular formula is C20H17Cl2F2N3O2S2. The van der Waals surface area contributed by atoms with Crippen LogP contribution in [0.5, 0.6) is 0 Å². The second kappa shape index (κ2) is 8.63. The third-order valence-corrected chi connectivity index (χ3v) is 8.66. The van der Waals surface area contributed by atoms with Crippen LogP contribution in [-0.4, -0.2) is 43.9 Å². The van der Waals surface area contributed by atoms with Crippen molar-refractivity contribution in [1.82, 2.24) is 9.29 Å². The molecule has 0 amide bonds. The number of hydrogen-bond donors (Lipinski definition) is 0. The fourth-order valence-corrected chi connectivity index (χ4v) is 6.45. The van der Waals surface area contributed by atoms with Gasteiger partial charge >= 0.3 is 0 Å². The maximum absolute atomic E-state index is 13.5. The van der Waals surface area contributed by atoms with Gasteiger partial charge in [-0.1, -0.05) is 23.2 Å². The second-order valence-corrected chi connectivity index (χ2v) is 10.7. The molecule has 0 spiro atoms. The molecule has 1 aliphatic rings. The first-order valence-electron chi connectivity index (χ1n) is 9.28. The first kappa shape index (κ1) is 22.4. The van der Waals surface area contributed by atoms with Crippen molar-refractivity contribution < 1.29 is 17.2 Å². The second-order valence-electron chi connectivity index (χ2n) is 7.10. The number of aryl methyl sites for hydroxylation is 1. The van der Waals surface area contributed by atoms with E-state index in [-0.39, 0.29) is 23.0 Å². The molecule has 164 valence electrons. The fourth-order valence-electron chi connectivity index (χ4n) is 3.33. The van der Waals surface area contributed by atoms with Crippen molar-refractivity contribution in [3.63, 3.8) is 0 Å². The number of aromatic nitrogens is 1. The largest absolute Gasteiger partial charge is 0.345 e. The van der Waals surface area contributed by atoms with Crippen LogP contribution in [0.4, 0.5) is 13.9 Å². The molecule has 3 aromatic rings. The van der Waals surface area contributed by atoms with Gasteiger partial charge in [0, 0.05) is 48.2 Å². The Balaban J connectivity index is 1.49. The first-order chi connectivity index (χ1) is 14.6. The van der Waals surface area contributed by atoms with E-state index in [0.29, 0.717) is 40.1 Å². The predicted molar refractivity (Wildman–Crippen MR) is 120 cm³/mol. The first-order valence-corrected chi connectivity index (χ1v) is 12.4. The third-order valence-electron chi connectivity index (χ3n) is 4.99. The molecule has 0 saturated carbocycles. The van der Waals surface area contributed by atoms with Gasteiger partial charge in [-0.2, -0.15) is 4.31 Å². The molecule has 11 heteroatoms. The van der Waals surface area contributed by atoms with Crippen LogP contribution in [0.1, 0.15) is 5.56 Å². The van der Waals surface area contributed by atoms with Crippen LogP contribution in [0.2, 0.25) is 10.0 Å². The maximum Gasteiger partial charge on any atom is 0.244 e. The topological polar surface area (TPSA) is 53.5 Å². The molecule has 0 atom stereocenters. The summed E-state index contributed by atoms with van der Waals surface area (Å²) >= 11 is 13.5. The highest BCUT2D eigenvalue weighted by Crippen LogP contribution is 2.32. The third kappa shape index (κ3) is 4.56. The fraction of sp³-hybridized carbons (Fsp3) is 0.250.